The van der Waals surface area contributed by atoms with Crippen LogP contribution < -0.4 is 0 Å². The van der Waals surface area contributed by atoms with Crippen LogP contribution in [-0.2, 0) is 5.41 Å². The summed E-state index contributed by atoms with van der Waals surface area (Å²) in [6.07, 6.45) is 0. The Kier molecular flexibility index (Phi) is 14.2. The van der Waals surface area contributed by atoms with Gasteiger partial charge in [-0.2, -0.15) is 0 Å². The van der Waals surface area contributed by atoms with Crippen LogP contribution in [0.5, 0.6) is 0 Å². The predicted molar refractivity (Wildman–Crippen MR) is 408 cm³/mol. The average Bonchev–Trinajstić information content (AvgIpc) is 1.50. The molecule has 97 heavy (non-hydrogen) atoms. The summed E-state index contributed by atoms with van der Waals surface area (Å²) in [5.41, 5.74) is 37.2. The molecule has 2 aliphatic carbocycles. The zero-order valence-corrected chi connectivity index (χ0v) is 53.5. The van der Waals surface area contributed by atoms with Gasteiger partial charge in [0.1, 0.15) is 0 Å². The molecule has 0 bridgehead atoms. The monoisotopic (exact) mass is 1230 g/mol. The molecule has 16 aromatic rings. The third-order valence-corrected chi connectivity index (χ3v) is 20.4. The van der Waals surface area contributed by atoms with E-state index in [9.17, 15) is 0 Å². The quantitative estimate of drug-likeness (QED) is 0.114. The molecule has 0 heteroatoms. The van der Waals surface area contributed by atoms with Crippen molar-refractivity contribution in [3.8, 4) is 156 Å². The van der Waals surface area contributed by atoms with Crippen LogP contribution >= 0.6 is 0 Å². The fourth-order valence-electron chi connectivity index (χ4n) is 16.1. The van der Waals surface area contributed by atoms with E-state index in [1.54, 1.807) is 0 Å². The van der Waals surface area contributed by atoms with E-state index in [2.05, 4.69) is 388 Å². The minimum atomic E-state index is -0.951. The molecule has 0 unspecified atom stereocenters. The summed E-state index contributed by atoms with van der Waals surface area (Å²) in [5, 5.41) is 0. The Bertz CT molecular complexity index is 5300. The molecule has 0 saturated carbocycles. The summed E-state index contributed by atoms with van der Waals surface area (Å²) in [4.78, 5) is 0. The van der Waals surface area contributed by atoms with E-state index in [1.807, 2.05) is 0 Å². The van der Waals surface area contributed by atoms with Crippen molar-refractivity contribution in [2.24, 2.45) is 0 Å². The van der Waals surface area contributed by atoms with Crippen LogP contribution in [0.2, 0.25) is 0 Å². The van der Waals surface area contributed by atoms with Crippen LogP contribution in [0, 0.1) is 0 Å². The van der Waals surface area contributed by atoms with Crippen LogP contribution in [0.15, 0.2) is 388 Å². The van der Waals surface area contributed by atoms with Gasteiger partial charge < -0.3 is 0 Å². The van der Waals surface area contributed by atoms with Crippen LogP contribution in [-0.4, -0.2) is 0 Å². The van der Waals surface area contributed by atoms with E-state index in [1.165, 1.54) is 156 Å². The Morgan fingerprint density at radius 2 is 0.309 bits per heavy atom. The van der Waals surface area contributed by atoms with Crippen molar-refractivity contribution >= 4 is 0 Å². The second-order valence-corrected chi connectivity index (χ2v) is 25.6. The second kappa shape index (κ2) is 24.1. The molecular formula is C97H64. The Hall–Kier alpha value is -12.5. The Balaban J connectivity index is 1.05. The number of rotatable bonds is 12. The van der Waals surface area contributed by atoms with Gasteiger partial charge in [0.25, 0.3) is 0 Å². The average molecular weight is 1230 g/mol. The van der Waals surface area contributed by atoms with Crippen molar-refractivity contribution in [2.75, 3.05) is 0 Å². The lowest BCUT2D eigenvalue weighted by molar-refractivity contribution is 0.795. The van der Waals surface area contributed by atoms with E-state index in [4.69, 9.17) is 0 Å². The lowest BCUT2D eigenvalue weighted by Crippen LogP contribution is -2.26. The molecule has 0 saturated heterocycles. The molecular weight excluding hydrogens is 1170 g/mol. The van der Waals surface area contributed by atoms with Crippen molar-refractivity contribution in [2.45, 2.75) is 5.41 Å². The number of hydrogen-bond acceptors (Lipinski definition) is 0. The fourth-order valence-corrected chi connectivity index (χ4v) is 16.1. The molecule has 16 aromatic carbocycles. The lowest BCUT2D eigenvalue weighted by atomic mass is 9.68. The zero-order valence-electron chi connectivity index (χ0n) is 53.5. The first-order valence-corrected chi connectivity index (χ1v) is 33.7. The van der Waals surface area contributed by atoms with Crippen molar-refractivity contribution in [3.63, 3.8) is 0 Å². The van der Waals surface area contributed by atoms with Crippen LogP contribution in [0.3, 0.4) is 0 Å². The third kappa shape index (κ3) is 9.67. The summed E-state index contributed by atoms with van der Waals surface area (Å²) < 4.78 is 0. The molecule has 452 valence electrons. The normalized spacial score (nSPS) is 12.2. The molecule has 0 radical (unpaired) electrons. The Morgan fingerprint density at radius 1 is 0.113 bits per heavy atom. The van der Waals surface area contributed by atoms with Gasteiger partial charge in [0.15, 0.2) is 0 Å². The maximum atomic E-state index is 2.62. The van der Waals surface area contributed by atoms with E-state index >= 15 is 0 Å². The van der Waals surface area contributed by atoms with Crippen molar-refractivity contribution in [1.82, 2.24) is 0 Å². The number of benzene rings is 16. The molecule has 0 atom stereocenters. The summed E-state index contributed by atoms with van der Waals surface area (Å²) >= 11 is 0. The van der Waals surface area contributed by atoms with Gasteiger partial charge in [-0.05, 0) is 214 Å². The SMILES string of the molecule is c1ccc(-c2ccccc2-c2ccc3c(c2)C2(c4cc(-c5ccccc5-c5ccccc5)ccc4-c4c(-c5ccccc5-c5ccccc5)cc(-c5ccccc5-c5ccccc5)cc42)c2cc(-c4ccccc4-c4ccccc4)cc(-c4ccccc4-c4ccccc4)c2-3)cc1. The summed E-state index contributed by atoms with van der Waals surface area (Å²) in [5.74, 6) is 0. The minimum absolute atomic E-state index is 0.951. The molecule has 0 amide bonds. The Morgan fingerprint density at radius 3 is 0.567 bits per heavy atom. The standard InChI is InChI=1S/C97H64/c1-7-31-65(32-8-1)75-43-19-23-49-81(75)71-55-57-87-91(61-71)97(93-63-73(83-51-25-21-45-77(83)67-35-11-3-12-36-67)59-89(95(87)93)85-53-29-27-47-79(85)69-39-15-5-16-40-69)92-62-72(82-50-24-20-44-76(82)66-33-9-2-10-34-66)56-58-88(92)96-90(86-54-30-28-48-80(86)70-41-17-6-18-42-70)60-74(64-94(96)97)84-52-26-22-46-78(84)68-37-13-4-14-38-68/h1-64H. The topological polar surface area (TPSA) is 0 Å². The summed E-state index contributed by atoms with van der Waals surface area (Å²) in [7, 11) is 0. The van der Waals surface area contributed by atoms with Gasteiger partial charge in [-0.15, -0.1) is 0 Å². The van der Waals surface area contributed by atoms with Gasteiger partial charge in [0, 0.05) is 0 Å². The highest BCUT2D eigenvalue weighted by atomic mass is 14.5. The molecule has 0 aromatic heterocycles. The smallest absolute Gasteiger partial charge is 0.0622 e. The first-order valence-electron chi connectivity index (χ1n) is 33.7. The van der Waals surface area contributed by atoms with Gasteiger partial charge in [0.05, 0.1) is 5.41 Å². The van der Waals surface area contributed by atoms with E-state index in [-0.39, 0.29) is 0 Å². The van der Waals surface area contributed by atoms with E-state index < -0.39 is 5.41 Å². The summed E-state index contributed by atoms with van der Waals surface area (Å²) in [6, 6.07) is 145. The highest BCUT2D eigenvalue weighted by Crippen LogP contribution is 2.68. The molecule has 2 aliphatic rings. The molecule has 0 fully saturated rings. The first-order chi connectivity index (χ1) is 48.2. The molecule has 0 aliphatic heterocycles. The maximum absolute atomic E-state index is 2.62. The van der Waals surface area contributed by atoms with Gasteiger partial charge >= 0.3 is 0 Å². The highest BCUT2D eigenvalue weighted by Gasteiger charge is 2.54. The zero-order chi connectivity index (χ0) is 64.2. The van der Waals surface area contributed by atoms with Gasteiger partial charge in [-0.25, -0.2) is 0 Å². The molecule has 0 heterocycles. The predicted octanol–water partition coefficient (Wildman–Crippen LogP) is 26.0. The summed E-state index contributed by atoms with van der Waals surface area (Å²) in [6.45, 7) is 0. The number of hydrogen-bond donors (Lipinski definition) is 0. The molecule has 0 nitrogen and oxygen atoms in total. The van der Waals surface area contributed by atoms with Crippen molar-refractivity contribution in [3.05, 3.63) is 411 Å². The van der Waals surface area contributed by atoms with Crippen LogP contribution in [0.4, 0.5) is 0 Å². The molecule has 18 rings (SSSR count). The molecule has 0 N–H and O–H groups in total. The second-order valence-electron chi connectivity index (χ2n) is 25.6. The Labute approximate surface area is 568 Å². The van der Waals surface area contributed by atoms with E-state index in [0.29, 0.717) is 0 Å². The van der Waals surface area contributed by atoms with Crippen LogP contribution in [0.25, 0.3) is 156 Å². The van der Waals surface area contributed by atoms with Crippen molar-refractivity contribution < 1.29 is 0 Å². The highest BCUT2D eigenvalue weighted by molar-refractivity contribution is 6.09. The van der Waals surface area contributed by atoms with Crippen molar-refractivity contribution in [1.29, 1.82) is 0 Å². The van der Waals surface area contributed by atoms with Gasteiger partial charge in [0.2, 0.25) is 0 Å². The minimum Gasteiger partial charge on any atom is -0.0622 e. The lowest BCUT2D eigenvalue weighted by Gasteiger charge is -2.33. The van der Waals surface area contributed by atoms with E-state index in [0.717, 1.165) is 22.3 Å². The maximum Gasteiger partial charge on any atom is 0.0726 e. The fraction of sp³-hybridized carbons (Fsp3) is 0.0103. The third-order valence-electron chi connectivity index (χ3n) is 20.4. The van der Waals surface area contributed by atoms with Gasteiger partial charge in [-0.1, -0.05) is 352 Å². The van der Waals surface area contributed by atoms with Crippen LogP contribution in [0.1, 0.15) is 22.3 Å². The first kappa shape index (κ1) is 57.2. The van der Waals surface area contributed by atoms with Gasteiger partial charge in [-0.3, -0.25) is 0 Å². The largest absolute Gasteiger partial charge is 0.0726 e. The number of fused-ring (bicyclic) bond motifs is 10. The molecule has 1 spiro atoms.